The number of aromatic nitrogens is 2. The maximum atomic E-state index is 13.9. The zero-order valence-electron chi connectivity index (χ0n) is 21.3. The van der Waals surface area contributed by atoms with Crippen molar-refractivity contribution in [2.45, 2.75) is 26.7 Å². The summed E-state index contributed by atoms with van der Waals surface area (Å²) in [6.07, 6.45) is 1.35. The maximum absolute atomic E-state index is 13.9. The minimum atomic E-state index is -0.242. The molecule has 6 heteroatoms. The van der Waals surface area contributed by atoms with Crippen LogP contribution in [0.25, 0.3) is 11.1 Å². The van der Waals surface area contributed by atoms with Crippen molar-refractivity contribution in [1.82, 2.24) is 14.9 Å². The minimum Gasteiger partial charge on any atom is -0.353 e. The molecule has 0 atom stereocenters. The Morgan fingerprint density at radius 1 is 0.865 bits per heavy atom. The largest absolute Gasteiger partial charge is 0.353 e. The van der Waals surface area contributed by atoms with Crippen molar-refractivity contribution in [3.05, 3.63) is 113 Å². The first kappa shape index (κ1) is 24.6. The molecule has 2 heterocycles. The van der Waals surface area contributed by atoms with E-state index in [0.717, 1.165) is 46.0 Å². The van der Waals surface area contributed by atoms with E-state index >= 15 is 0 Å². The topological polar surface area (TPSA) is 49.3 Å². The van der Waals surface area contributed by atoms with Crippen molar-refractivity contribution >= 4 is 11.7 Å². The minimum absolute atomic E-state index is 0.0485. The predicted molar refractivity (Wildman–Crippen MR) is 145 cm³/mol. The number of anilines is 1. The summed E-state index contributed by atoms with van der Waals surface area (Å²) in [5.41, 5.74) is 5.86. The number of piperazine rings is 1. The fourth-order valence-corrected chi connectivity index (χ4v) is 4.96. The van der Waals surface area contributed by atoms with Gasteiger partial charge in [-0.25, -0.2) is 14.4 Å². The molecule has 0 unspecified atom stereocenters. The van der Waals surface area contributed by atoms with Gasteiger partial charge in [-0.05, 0) is 54.3 Å². The van der Waals surface area contributed by atoms with Crippen molar-refractivity contribution in [3.8, 4) is 11.1 Å². The number of hydrogen-bond donors (Lipinski definition) is 0. The molecule has 188 valence electrons. The fourth-order valence-electron chi connectivity index (χ4n) is 4.96. The highest BCUT2D eigenvalue weighted by molar-refractivity contribution is 5.95. The van der Waals surface area contributed by atoms with Gasteiger partial charge in [0.15, 0.2) is 0 Å². The van der Waals surface area contributed by atoms with Crippen LogP contribution in [0.5, 0.6) is 0 Å². The standard InChI is InChI=1S/C31H31FN4O/c1-3-29-28(21-23-8-7-11-27(32)20-23)30(34-22(2)33-29)35-16-18-36(19-17-35)31(37)26-14-12-25(13-15-26)24-9-5-4-6-10-24/h4-15,20H,3,16-19,21H2,1-2H3. The molecular weight excluding hydrogens is 463 g/mol. The molecule has 0 radical (unpaired) electrons. The average Bonchev–Trinajstić information content (AvgIpc) is 2.94. The van der Waals surface area contributed by atoms with Gasteiger partial charge in [0, 0.05) is 49.4 Å². The molecule has 0 spiro atoms. The van der Waals surface area contributed by atoms with Crippen molar-refractivity contribution in [3.63, 3.8) is 0 Å². The van der Waals surface area contributed by atoms with Gasteiger partial charge < -0.3 is 9.80 Å². The van der Waals surface area contributed by atoms with E-state index in [1.165, 1.54) is 6.07 Å². The number of aryl methyl sites for hydroxylation is 2. The highest BCUT2D eigenvalue weighted by Gasteiger charge is 2.26. The van der Waals surface area contributed by atoms with E-state index in [-0.39, 0.29) is 11.7 Å². The number of hydrogen-bond acceptors (Lipinski definition) is 4. The summed E-state index contributed by atoms with van der Waals surface area (Å²) in [6.45, 7) is 6.59. The van der Waals surface area contributed by atoms with E-state index in [0.29, 0.717) is 38.2 Å². The summed E-state index contributed by atoms with van der Waals surface area (Å²) >= 11 is 0. The summed E-state index contributed by atoms with van der Waals surface area (Å²) in [5, 5.41) is 0. The van der Waals surface area contributed by atoms with Crippen molar-refractivity contribution in [2.24, 2.45) is 0 Å². The second kappa shape index (κ2) is 10.9. The third-order valence-corrected chi connectivity index (χ3v) is 6.89. The lowest BCUT2D eigenvalue weighted by molar-refractivity contribution is 0.0746. The van der Waals surface area contributed by atoms with Crippen LogP contribution < -0.4 is 4.90 Å². The Hall–Kier alpha value is -4.06. The van der Waals surface area contributed by atoms with E-state index < -0.39 is 0 Å². The molecule has 1 aromatic heterocycles. The van der Waals surface area contributed by atoms with Gasteiger partial charge in [0.05, 0.1) is 0 Å². The zero-order valence-corrected chi connectivity index (χ0v) is 21.3. The number of amides is 1. The average molecular weight is 495 g/mol. The van der Waals surface area contributed by atoms with Gasteiger partial charge in [0.1, 0.15) is 17.5 Å². The van der Waals surface area contributed by atoms with E-state index in [9.17, 15) is 9.18 Å². The summed E-state index contributed by atoms with van der Waals surface area (Å²) in [5.74, 6) is 1.43. The van der Waals surface area contributed by atoms with Crippen LogP contribution in [-0.4, -0.2) is 47.0 Å². The third-order valence-electron chi connectivity index (χ3n) is 6.89. The summed E-state index contributed by atoms with van der Waals surface area (Å²) in [4.78, 5) is 26.9. The molecule has 1 saturated heterocycles. The maximum Gasteiger partial charge on any atom is 0.253 e. The van der Waals surface area contributed by atoms with Crippen molar-refractivity contribution < 1.29 is 9.18 Å². The van der Waals surface area contributed by atoms with Crippen LogP contribution in [0.4, 0.5) is 10.2 Å². The van der Waals surface area contributed by atoms with Gasteiger partial charge in [-0.15, -0.1) is 0 Å². The lowest BCUT2D eigenvalue weighted by atomic mass is 10.0. The summed E-state index contributed by atoms with van der Waals surface area (Å²) in [6, 6.07) is 24.7. The molecule has 4 aromatic rings. The molecule has 0 saturated carbocycles. The first-order chi connectivity index (χ1) is 18.0. The number of nitrogens with zero attached hydrogens (tertiary/aromatic N) is 4. The number of benzene rings is 3. The van der Waals surface area contributed by atoms with Crippen molar-refractivity contribution in [1.29, 1.82) is 0 Å². The quantitative estimate of drug-likeness (QED) is 0.345. The number of rotatable bonds is 6. The van der Waals surface area contributed by atoms with Gasteiger partial charge in [-0.1, -0.05) is 61.5 Å². The molecular formula is C31H31FN4O. The molecule has 0 N–H and O–H groups in total. The fraction of sp³-hybridized carbons (Fsp3) is 0.258. The van der Waals surface area contributed by atoms with E-state index in [1.807, 2.05) is 60.4 Å². The first-order valence-corrected chi connectivity index (χ1v) is 12.8. The molecule has 5 rings (SSSR count). The Kier molecular flexibility index (Phi) is 7.26. The Morgan fingerprint density at radius 3 is 2.24 bits per heavy atom. The zero-order chi connectivity index (χ0) is 25.8. The third kappa shape index (κ3) is 5.53. The second-order valence-corrected chi connectivity index (χ2v) is 9.40. The Labute approximate surface area is 217 Å². The molecule has 3 aromatic carbocycles. The smallest absolute Gasteiger partial charge is 0.253 e. The molecule has 0 aliphatic carbocycles. The predicted octanol–water partition coefficient (Wildman–Crippen LogP) is 5.71. The van der Waals surface area contributed by atoms with E-state index in [1.54, 1.807) is 12.1 Å². The molecule has 1 aliphatic heterocycles. The molecule has 1 aliphatic rings. The van der Waals surface area contributed by atoms with E-state index in [2.05, 4.69) is 28.9 Å². The van der Waals surface area contributed by atoms with Crippen LogP contribution in [0.1, 0.15) is 39.9 Å². The molecule has 1 fully saturated rings. The number of carbonyl (C=O) groups is 1. The SMILES string of the molecule is CCc1nc(C)nc(N2CCN(C(=O)c3ccc(-c4ccccc4)cc3)CC2)c1Cc1cccc(F)c1. The Morgan fingerprint density at radius 2 is 1.57 bits per heavy atom. The molecule has 0 bridgehead atoms. The number of carbonyl (C=O) groups excluding carboxylic acids is 1. The Bertz CT molecular complexity index is 1380. The van der Waals surface area contributed by atoms with Gasteiger partial charge >= 0.3 is 0 Å². The molecule has 1 amide bonds. The van der Waals surface area contributed by atoms with Crippen LogP contribution in [-0.2, 0) is 12.8 Å². The lowest BCUT2D eigenvalue weighted by Crippen LogP contribution is -2.49. The van der Waals surface area contributed by atoms with Crippen LogP contribution in [0.15, 0.2) is 78.9 Å². The van der Waals surface area contributed by atoms with Gasteiger partial charge in [0.25, 0.3) is 5.91 Å². The van der Waals surface area contributed by atoms with Gasteiger partial charge in [0.2, 0.25) is 0 Å². The normalized spacial score (nSPS) is 13.6. The molecule has 5 nitrogen and oxygen atoms in total. The highest BCUT2D eigenvalue weighted by Crippen LogP contribution is 2.27. The second-order valence-electron chi connectivity index (χ2n) is 9.40. The van der Waals surface area contributed by atoms with Crippen LogP contribution in [0, 0.1) is 12.7 Å². The van der Waals surface area contributed by atoms with E-state index in [4.69, 9.17) is 4.98 Å². The highest BCUT2D eigenvalue weighted by atomic mass is 19.1. The van der Waals surface area contributed by atoms with Crippen LogP contribution in [0.3, 0.4) is 0 Å². The summed E-state index contributed by atoms with van der Waals surface area (Å²) in [7, 11) is 0. The van der Waals surface area contributed by atoms with Crippen LogP contribution in [0.2, 0.25) is 0 Å². The van der Waals surface area contributed by atoms with Crippen LogP contribution >= 0.6 is 0 Å². The van der Waals surface area contributed by atoms with Crippen molar-refractivity contribution in [2.75, 3.05) is 31.1 Å². The molecule has 37 heavy (non-hydrogen) atoms. The first-order valence-electron chi connectivity index (χ1n) is 12.8. The van der Waals surface area contributed by atoms with Gasteiger partial charge in [-0.3, -0.25) is 4.79 Å². The lowest BCUT2D eigenvalue weighted by Gasteiger charge is -2.36. The summed E-state index contributed by atoms with van der Waals surface area (Å²) < 4.78 is 13.9. The Balaban J connectivity index is 1.31. The monoisotopic (exact) mass is 494 g/mol. The van der Waals surface area contributed by atoms with Gasteiger partial charge in [-0.2, -0.15) is 0 Å². The number of halogens is 1.